The average Bonchev–Trinajstić information content (AvgIpc) is 2.06. The van der Waals surface area contributed by atoms with Crippen LogP contribution in [0.2, 0.25) is 0 Å². The van der Waals surface area contributed by atoms with Crippen molar-refractivity contribution in [3.05, 3.63) is 22.7 Å². The molecule has 0 saturated heterocycles. The predicted molar refractivity (Wildman–Crippen MR) is 61.8 cm³/mol. The lowest BCUT2D eigenvalue weighted by molar-refractivity contribution is 0.0635. The molecule has 0 fully saturated rings. The van der Waals surface area contributed by atoms with Crippen LogP contribution in [0.25, 0.3) is 0 Å². The second-order valence-electron chi connectivity index (χ2n) is 4.11. The van der Waals surface area contributed by atoms with E-state index in [9.17, 15) is 9.18 Å². The molecule has 0 bridgehead atoms. The number of halogens is 2. The molecule has 16 heavy (non-hydrogen) atoms. The van der Waals surface area contributed by atoms with Gasteiger partial charge in [-0.25, -0.2) is 9.78 Å². The summed E-state index contributed by atoms with van der Waals surface area (Å²) < 4.78 is 18.1. The van der Waals surface area contributed by atoms with E-state index >= 15 is 0 Å². The molecular weight excluding hydrogens is 279 g/mol. The zero-order chi connectivity index (χ0) is 12.3. The SMILES string of the molecule is CC(C)(C)OC(=O)Nc1cnc(F)cc1Br. The van der Waals surface area contributed by atoms with Crippen molar-refractivity contribution in [3.63, 3.8) is 0 Å². The van der Waals surface area contributed by atoms with Gasteiger partial charge in [-0.05, 0) is 36.7 Å². The van der Waals surface area contributed by atoms with Crippen LogP contribution in [-0.4, -0.2) is 16.7 Å². The van der Waals surface area contributed by atoms with Crippen LogP contribution in [0, 0.1) is 5.95 Å². The fourth-order valence-corrected chi connectivity index (χ4v) is 1.30. The molecule has 0 spiro atoms. The Bertz CT molecular complexity index is 404. The Morgan fingerprint density at radius 2 is 2.19 bits per heavy atom. The number of anilines is 1. The zero-order valence-corrected chi connectivity index (χ0v) is 10.8. The maximum absolute atomic E-state index is 12.7. The summed E-state index contributed by atoms with van der Waals surface area (Å²) in [4.78, 5) is 14.8. The Balaban J connectivity index is 2.70. The van der Waals surface area contributed by atoms with Gasteiger partial charge in [-0.3, -0.25) is 5.32 Å². The van der Waals surface area contributed by atoms with Gasteiger partial charge in [0.1, 0.15) is 5.60 Å². The van der Waals surface area contributed by atoms with Gasteiger partial charge in [0.2, 0.25) is 5.95 Å². The van der Waals surface area contributed by atoms with Gasteiger partial charge >= 0.3 is 6.09 Å². The molecule has 1 rings (SSSR count). The first kappa shape index (κ1) is 12.9. The topological polar surface area (TPSA) is 51.2 Å². The number of rotatable bonds is 1. The van der Waals surface area contributed by atoms with Gasteiger partial charge in [-0.1, -0.05) is 0 Å². The molecule has 1 heterocycles. The molecule has 0 unspecified atom stereocenters. The van der Waals surface area contributed by atoms with Crippen molar-refractivity contribution in [2.45, 2.75) is 26.4 Å². The monoisotopic (exact) mass is 290 g/mol. The van der Waals surface area contributed by atoms with Crippen molar-refractivity contribution in [1.82, 2.24) is 4.98 Å². The molecule has 6 heteroatoms. The summed E-state index contributed by atoms with van der Waals surface area (Å²) in [6.45, 7) is 5.26. The highest BCUT2D eigenvalue weighted by atomic mass is 79.9. The Morgan fingerprint density at radius 3 is 2.69 bits per heavy atom. The van der Waals surface area contributed by atoms with E-state index in [4.69, 9.17) is 4.74 Å². The third kappa shape index (κ3) is 4.14. The highest BCUT2D eigenvalue weighted by Gasteiger charge is 2.17. The molecule has 1 aromatic rings. The lowest BCUT2D eigenvalue weighted by Gasteiger charge is -2.19. The molecule has 1 N–H and O–H groups in total. The van der Waals surface area contributed by atoms with E-state index in [-0.39, 0.29) is 0 Å². The average molecular weight is 291 g/mol. The van der Waals surface area contributed by atoms with Crippen molar-refractivity contribution in [2.75, 3.05) is 5.32 Å². The third-order valence-electron chi connectivity index (χ3n) is 1.46. The highest BCUT2D eigenvalue weighted by molar-refractivity contribution is 9.10. The van der Waals surface area contributed by atoms with Crippen LogP contribution in [0.1, 0.15) is 20.8 Å². The summed E-state index contributed by atoms with van der Waals surface area (Å²) in [7, 11) is 0. The molecule has 88 valence electrons. The number of hydrogen-bond donors (Lipinski definition) is 1. The minimum atomic E-state index is -0.624. The second-order valence-corrected chi connectivity index (χ2v) is 4.97. The standard InChI is InChI=1S/C10H12BrFN2O2/c1-10(2,3)16-9(15)14-7-5-13-8(12)4-6(7)11/h4-5H,1-3H3,(H,14,15). The van der Waals surface area contributed by atoms with E-state index in [1.807, 2.05) is 0 Å². The Hall–Kier alpha value is -1.17. The van der Waals surface area contributed by atoms with Crippen LogP contribution in [0.3, 0.4) is 0 Å². The van der Waals surface area contributed by atoms with Crippen LogP contribution in [0.5, 0.6) is 0 Å². The third-order valence-corrected chi connectivity index (χ3v) is 2.11. The number of pyridine rings is 1. The van der Waals surface area contributed by atoms with Crippen molar-refractivity contribution < 1.29 is 13.9 Å². The van der Waals surface area contributed by atoms with E-state index in [0.717, 1.165) is 6.07 Å². The van der Waals surface area contributed by atoms with Crippen molar-refractivity contribution in [2.24, 2.45) is 0 Å². The molecular formula is C10H12BrFN2O2. The summed E-state index contributed by atoms with van der Waals surface area (Å²) in [6, 6.07) is 1.16. The molecule has 0 aliphatic carbocycles. The molecule has 0 radical (unpaired) electrons. The van der Waals surface area contributed by atoms with Crippen LogP contribution in [0.15, 0.2) is 16.7 Å². The number of amides is 1. The molecule has 0 aliphatic rings. The van der Waals surface area contributed by atoms with Gasteiger partial charge in [-0.15, -0.1) is 0 Å². The number of nitrogens with one attached hydrogen (secondary N) is 1. The minimum absolute atomic E-state index is 0.357. The van der Waals surface area contributed by atoms with Crippen molar-refractivity contribution >= 4 is 27.7 Å². The fraction of sp³-hybridized carbons (Fsp3) is 0.400. The van der Waals surface area contributed by atoms with Gasteiger partial charge in [0.05, 0.1) is 11.9 Å². The second kappa shape index (κ2) is 4.78. The summed E-state index contributed by atoms with van der Waals surface area (Å²) in [6.07, 6.45) is 0.602. The largest absolute Gasteiger partial charge is 0.444 e. The zero-order valence-electron chi connectivity index (χ0n) is 9.17. The van der Waals surface area contributed by atoms with Gasteiger partial charge in [0.25, 0.3) is 0 Å². The van der Waals surface area contributed by atoms with Gasteiger partial charge in [0, 0.05) is 10.5 Å². The van der Waals surface area contributed by atoms with Crippen LogP contribution in [-0.2, 0) is 4.74 Å². The van der Waals surface area contributed by atoms with E-state index in [1.54, 1.807) is 20.8 Å². The van der Waals surface area contributed by atoms with Crippen molar-refractivity contribution in [3.8, 4) is 0 Å². The number of aromatic nitrogens is 1. The number of nitrogens with zero attached hydrogens (tertiary/aromatic N) is 1. The molecule has 0 aromatic carbocycles. The smallest absolute Gasteiger partial charge is 0.412 e. The molecule has 1 amide bonds. The normalized spacial score (nSPS) is 11.1. The maximum Gasteiger partial charge on any atom is 0.412 e. The van der Waals surface area contributed by atoms with Crippen LogP contribution in [0.4, 0.5) is 14.9 Å². The number of carbonyl (C=O) groups is 1. The summed E-state index contributed by atoms with van der Waals surface area (Å²) >= 11 is 3.10. The van der Waals surface area contributed by atoms with E-state index in [0.29, 0.717) is 10.2 Å². The van der Waals surface area contributed by atoms with Crippen LogP contribution < -0.4 is 5.32 Å². The molecule has 0 aliphatic heterocycles. The lowest BCUT2D eigenvalue weighted by Crippen LogP contribution is -2.27. The molecule has 0 saturated carbocycles. The minimum Gasteiger partial charge on any atom is -0.444 e. The fourth-order valence-electron chi connectivity index (χ4n) is 0.913. The molecule has 4 nitrogen and oxygen atoms in total. The van der Waals surface area contributed by atoms with Crippen molar-refractivity contribution in [1.29, 1.82) is 0 Å². The van der Waals surface area contributed by atoms with E-state index in [2.05, 4.69) is 26.2 Å². The maximum atomic E-state index is 12.7. The Morgan fingerprint density at radius 1 is 1.56 bits per heavy atom. The first-order chi connectivity index (χ1) is 7.28. The highest BCUT2D eigenvalue weighted by Crippen LogP contribution is 2.22. The van der Waals surface area contributed by atoms with Gasteiger partial charge in [-0.2, -0.15) is 4.39 Å². The molecule has 1 aromatic heterocycles. The summed E-state index contributed by atoms with van der Waals surface area (Å²) in [5, 5.41) is 2.46. The number of ether oxygens (including phenoxy) is 1. The van der Waals surface area contributed by atoms with Gasteiger partial charge < -0.3 is 4.74 Å². The van der Waals surface area contributed by atoms with E-state index in [1.165, 1.54) is 6.20 Å². The lowest BCUT2D eigenvalue weighted by atomic mass is 10.2. The number of carbonyl (C=O) groups excluding carboxylic acids is 1. The van der Waals surface area contributed by atoms with Crippen LogP contribution >= 0.6 is 15.9 Å². The summed E-state index contributed by atoms with van der Waals surface area (Å²) in [5.74, 6) is -0.624. The molecule has 0 atom stereocenters. The predicted octanol–water partition coefficient (Wildman–Crippen LogP) is 3.33. The number of hydrogen-bond acceptors (Lipinski definition) is 3. The first-order valence-corrected chi connectivity index (χ1v) is 5.38. The van der Waals surface area contributed by atoms with Gasteiger partial charge in [0.15, 0.2) is 0 Å². The quantitative estimate of drug-likeness (QED) is 0.807. The van der Waals surface area contributed by atoms with E-state index < -0.39 is 17.6 Å². The Labute approximate surface area is 101 Å². The first-order valence-electron chi connectivity index (χ1n) is 4.59. The summed E-state index contributed by atoms with van der Waals surface area (Å²) in [5.41, 5.74) is -0.222. The Kier molecular flexibility index (Phi) is 3.85.